The lowest BCUT2D eigenvalue weighted by molar-refractivity contribution is -0.139. The molecule has 2 aromatic carbocycles. The van der Waals surface area contributed by atoms with Crippen LogP contribution in [0.15, 0.2) is 36.4 Å². The SMILES string of the molecule is CCSC[C@H](CC1CCCCC1)NCc1cc(-c2ccccc2C)c(C(=O)N[C@@H](CCSC)C(=O)O)cc1F. The fourth-order valence-electron chi connectivity index (χ4n) is 5.32. The highest BCUT2D eigenvalue weighted by atomic mass is 32.2. The van der Waals surface area contributed by atoms with E-state index in [1.807, 2.05) is 49.2 Å². The summed E-state index contributed by atoms with van der Waals surface area (Å²) in [4.78, 5) is 25.1. The monoisotopic (exact) mass is 574 g/mol. The maximum atomic E-state index is 15.5. The third-order valence-electron chi connectivity index (χ3n) is 7.53. The number of benzene rings is 2. The zero-order valence-corrected chi connectivity index (χ0v) is 25.1. The molecule has 0 heterocycles. The molecule has 0 unspecified atom stereocenters. The molecule has 2 atom stereocenters. The van der Waals surface area contributed by atoms with E-state index < -0.39 is 23.7 Å². The van der Waals surface area contributed by atoms with E-state index in [1.165, 1.54) is 49.9 Å². The van der Waals surface area contributed by atoms with Crippen LogP contribution in [-0.4, -0.2) is 52.6 Å². The molecule has 0 radical (unpaired) electrons. The molecule has 39 heavy (non-hydrogen) atoms. The Balaban J connectivity index is 1.88. The summed E-state index contributed by atoms with van der Waals surface area (Å²) in [5.41, 5.74) is 3.08. The fraction of sp³-hybridized carbons (Fsp3) is 0.548. The molecule has 0 aliphatic heterocycles. The first-order chi connectivity index (χ1) is 18.8. The number of nitrogens with one attached hydrogen (secondary N) is 2. The van der Waals surface area contributed by atoms with Crippen molar-refractivity contribution in [1.29, 1.82) is 0 Å². The van der Waals surface area contributed by atoms with Gasteiger partial charge in [-0.2, -0.15) is 23.5 Å². The lowest BCUT2D eigenvalue weighted by Crippen LogP contribution is -2.41. The van der Waals surface area contributed by atoms with Crippen LogP contribution in [0.1, 0.15) is 73.4 Å². The predicted molar refractivity (Wildman–Crippen MR) is 163 cm³/mol. The maximum absolute atomic E-state index is 15.5. The number of hydrogen-bond donors (Lipinski definition) is 3. The van der Waals surface area contributed by atoms with Crippen molar-refractivity contribution in [1.82, 2.24) is 10.6 Å². The smallest absolute Gasteiger partial charge is 0.326 e. The minimum Gasteiger partial charge on any atom is -0.480 e. The second-order valence-corrected chi connectivity index (χ2v) is 12.7. The average Bonchev–Trinajstić information content (AvgIpc) is 2.93. The number of halogens is 1. The molecule has 8 heteroatoms. The molecule has 0 bridgehead atoms. The van der Waals surface area contributed by atoms with Crippen molar-refractivity contribution in [3.05, 3.63) is 58.9 Å². The van der Waals surface area contributed by atoms with Crippen molar-refractivity contribution in [2.75, 3.05) is 23.5 Å². The van der Waals surface area contributed by atoms with Crippen molar-refractivity contribution in [2.24, 2.45) is 5.92 Å². The van der Waals surface area contributed by atoms with Crippen LogP contribution in [0.4, 0.5) is 4.39 Å². The van der Waals surface area contributed by atoms with Gasteiger partial charge in [-0.3, -0.25) is 4.79 Å². The van der Waals surface area contributed by atoms with Gasteiger partial charge < -0.3 is 15.7 Å². The molecule has 5 nitrogen and oxygen atoms in total. The number of carbonyl (C=O) groups is 2. The second kappa shape index (κ2) is 16.3. The van der Waals surface area contributed by atoms with Crippen LogP contribution in [0.25, 0.3) is 11.1 Å². The number of thioether (sulfide) groups is 2. The molecule has 3 rings (SSSR count). The fourth-order valence-corrected chi connectivity index (χ4v) is 6.56. The quantitative estimate of drug-likeness (QED) is 0.214. The Labute approximate surface area is 241 Å². The average molecular weight is 575 g/mol. The number of amides is 1. The molecule has 1 aliphatic carbocycles. The Kier molecular flexibility index (Phi) is 13.2. The molecule has 0 aromatic heterocycles. The number of hydrogen-bond acceptors (Lipinski definition) is 5. The molecule has 1 saturated carbocycles. The van der Waals surface area contributed by atoms with Crippen LogP contribution in [0, 0.1) is 18.7 Å². The van der Waals surface area contributed by atoms with E-state index in [1.54, 1.807) is 6.07 Å². The van der Waals surface area contributed by atoms with Crippen LogP contribution in [-0.2, 0) is 11.3 Å². The summed E-state index contributed by atoms with van der Waals surface area (Å²) >= 11 is 3.42. The van der Waals surface area contributed by atoms with Gasteiger partial charge in [0.05, 0.1) is 5.56 Å². The maximum Gasteiger partial charge on any atom is 0.326 e. The Morgan fingerprint density at radius 1 is 1.13 bits per heavy atom. The second-order valence-electron chi connectivity index (χ2n) is 10.4. The van der Waals surface area contributed by atoms with E-state index >= 15 is 4.39 Å². The first-order valence-corrected chi connectivity index (χ1v) is 16.6. The van der Waals surface area contributed by atoms with Crippen LogP contribution >= 0.6 is 23.5 Å². The largest absolute Gasteiger partial charge is 0.480 e. The van der Waals surface area contributed by atoms with Gasteiger partial charge in [0.15, 0.2) is 0 Å². The summed E-state index contributed by atoms with van der Waals surface area (Å²) in [6, 6.07) is 10.0. The van der Waals surface area contributed by atoms with Gasteiger partial charge in [0, 0.05) is 23.9 Å². The number of aryl methyl sites for hydroxylation is 1. The van der Waals surface area contributed by atoms with Crippen molar-refractivity contribution < 1.29 is 19.1 Å². The minimum atomic E-state index is -1.09. The zero-order valence-electron chi connectivity index (χ0n) is 23.4. The third kappa shape index (κ3) is 9.54. The zero-order chi connectivity index (χ0) is 28.2. The number of carboxylic acids is 1. The normalized spacial score (nSPS) is 15.6. The summed E-state index contributed by atoms with van der Waals surface area (Å²) in [6.07, 6.45) is 9.77. The minimum absolute atomic E-state index is 0.154. The van der Waals surface area contributed by atoms with Crippen LogP contribution < -0.4 is 10.6 Å². The van der Waals surface area contributed by atoms with Gasteiger partial charge in [0.1, 0.15) is 11.9 Å². The summed E-state index contributed by atoms with van der Waals surface area (Å²) in [5.74, 6) is 1.24. The van der Waals surface area contributed by atoms with Gasteiger partial charge >= 0.3 is 5.97 Å². The standard InChI is InChI=1S/C31H43FN2O3S2/c1-4-39-20-24(16-22-11-6-5-7-12-22)33-19-23-17-26(25-13-9-8-10-21(25)2)27(18-28(23)32)30(35)34-29(31(36)37)14-15-38-3/h8-10,13,17-18,22,24,29,33H,4-7,11-12,14-16,19-20H2,1-3H3,(H,34,35)(H,36,37)/t24-,29-/m0/s1. The van der Waals surface area contributed by atoms with E-state index in [4.69, 9.17) is 0 Å². The van der Waals surface area contributed by atoms with Crippen molar-refractivity contribution in [2.45, 2.75) is 77.4 Å². The Hall–Kier alpha value is -2.03. The van der Waals surface area contributed by atoms with Gasteiger partial charge in [-0.05, 0) is 72.3 Å². The van der Waals surface area contributed by atoms with Crippen LogP contribution in [0.2, 0.25) is 0 Å². The van der Waals surface area contributed by atoms with E-state index in [2.05, 4.69) is 17.6 Å². The molecule has 0 saturated heterocycles. The molecule has 1 aliphatic rings. The lowest BCUT2D eigenvalue weighted by Gasteiger charge is -2.27. The highest BCUT2D eigenvalue weighted by Crippen LogP contribution is 2.31. The van der Waals surface area contributed by atoms with Gasteiger partial charge in [-0.1, -0.05) is 63.3 Å². The summed E-state index contributed by atoms with van der Waals surface area (Å²) < 4.78 is 15.5. The molecule has 3 N–H and O–H groups in total. The first-order valence-electron chi connectivity index (χ1n) is 14.1. The topological polar surface area (TPSA) is 78.4 Å². The molecule has 1 amide bonds. The number of carbonyl (C=O) groups excluding carboxylic acids is 1. The predicted octanol–water partition coefficient (Wildman–Crippen LogP) is 6.92. The summed E-state index contributed by atoms with van der Waals surface area (Å²) in [5, 5.41) is 15.9. The number of carboxylic acid groups (broad SMARTS) is 1. The van der Waals surface area contributed by atoms with E-state index in [0.29, 0.717) is 35.9 Å². The van der Waals surface area contributed by atoms with Crippen LogP contribution in [0.3, 0.4) is 0 Å². The van der Waals surface area contributed by atoms with Crippen molar-refractivity contribution in [3.63, 3.8) is 0 Å². The molecule has 1 fully saturated rings. The van der Waals surface area contributed by atoms with Crippen molar-refractivity contribution >= 4 is 35.4 Å². The van der Waals surface area contributed by atoms with Gasteiger partial charge in [-0.15, -0.1) is 0 Å². The molecule has 214 valence electrons. The van der Waals surface area contributed by atoms with E-state index in [-0.39, 0.29) is 5.56 Å². The van der Waals surface area contributed by atoms with Gasteiger partial charge in [0.25, 0.3) is 5.91 Å². The Bertz CT molecular complexity index is 1090. The van der Waals surface area contributed by atoms with Gasteiger partial charge in [0.2, 0.25) is 0 Å². The molecule has 2 aromatic rings. The lowest BCUT2D eigenvalue weighted by atomic mass is 9.85. The summed E-state index contributed by atoms with van der Waals surface area (Å²) in [6.45, 7) is 4.50. The summed E-state index contributed by atoms with van der Waals surface area (Å²) in [7, 11) is 0. The number of aliphatic carboxylic acids is 1. The van der Waals surface area contributed by atoms with Crippen molar-refractivity contribution in [3.8, 4) is 11.1 Å². The highest BCUT2D eigenvalue weighted by Gasteiger charge is 2.25. The van der Waals surface area contributed by atoms with E-state index in [0.717, 1.165) is 35.0 Å². The Morgan fingerprint density at radius 3 is 2.54 bits per heavy atom. The third-order valence-corrected chi connectivity index (χ3v) is 9.22. The molecular formula is C31H43FN2O3S2. The Morgan fingerprint density at radius 2 is 1.87 bits per heavy atom. The van der Waals surface area contributed by atoms with Gasteiger partial charge in [-0.25, -0.2) is 9.18 Å². The number of rotatable bonds is 15. The van der Waals surface area contributed by atoms with Crippen LogP contribution in [0.5, 0.6) is 0 Å². The highest BCUT2D eigenvalue weighted by molar-refractivity contribution is 7.99. The first kappa shape index (κ1) is 31.5. The molecule has 0 spiro atoms. The molecular weight excluding hydrogens is 531 g/mol. The van der Waals surface area contributed by atoms with E-state index in [9.17, 15) is 14.7 Å².